The molecular formula is C27H38N6O2. The Morgan fingerprint density at radius 1 is 1.26 bits per heavy atom. The monoisotopic (exact) mass is 478 g/mol. The lowest BCUT2D eigenvalue weighted by molar-refractivity contribution is -0.155. The quantitative estimate of drug-likeness (QED) is 0.398. The third kappa shape index (κ3) is 9.11. The number of pyridine rings is 1. The van der Waals surface area contributed by atoms with E-state index in [4.69, 9.17) is 15.5 Å². The van der Waals surface area contributed by atoms with Crippen LogP contribution in [0.25, 0.3) is 0 Å². The maximum absolute atomic E-state index is 12.4. The molecule has 3 N–H and O–H groups in total. The molecular weight excluding hydrogens is 440 g/mol. The zero-order valence-electron chi connectivity index (χ0n) is 21.4. The van der Waals surface area contributed by atoms with Crippen LogP contribution in [0, 0.1) is 6.92 Å². The second-order valence-electron chi connectivity index (χ2n) is 9.96. The van der Waals surface area contributed by atoms with E-state index < -0.39 is 11.6 Å². The molecule has 0 radical (unpaired) electrons. The Morgan fingerprint density at radius 3 is 2.77 bits per heavy atom. The number of aliphatic imine (C=N–C) groups is 1. The van der Waals surface area contributed by atoms with E-state index in [0.717, 1.165) is 55.0 Å². The zero-order valence-corrected chi connectivity index (χ0v) is 21.4. The number of ether oxygens (including phenoxy) is 1. The Labute approximate surface area is 208 Å². The normalized spacial score (nSPS) is 15.3. The summed E-state index contributed by atoms with van der Waals surface area (Å²) in [7, 11) is 0. The van der Waals surface area contributed by atoms with Crippen molar-refractivity contribution in [2.45, 2.75) is 84.3 Å². The van der Waals surface area contributed by atoms with Gasteiger partial charge in [0.25, 0.3) is 0 Å². The molecule has 35 heavy (non-hydrogen) atoms. The fraction of sp³-hybridized carbons (Fsp3) is 0.519. The van der Waals surface area contributed by atoms with Crippen LogP contribution < -0.4 is 11.1 Å². The summed E-state index contributed by atoms with van der Waals surface area (Å²) >= 11 is 0. The van der Waals surface area contributed by atoms with E-state index in [1.54, 1.807) is 24.7 Å². The van der Waals surface area contributed by atoms with Crippen molar-refractivity contribution in [3.8, 4) is 0 Å². The molecule has 188 valence electrons. The molecule has 0 fully saturated rings. The van der Waals surface area contributed by atoms with Gasteiger partial charge in [-0.1, -0.05) is 6.07 Å². The minimum absolute atomic E-state index is 0.103. The van der Waals surface area contributed by atoms with Gasteiger partial charge in [0.2, 0.25) is 0 Å². The van der Waals surface area contributed by atoms with E-state index in [1.165, 1.54) is 18.4 Å². The van der Waals surface area contributed by atoms with E-state index in [1.807, 2.05) is 27.7 Å². The van der Waals surface area contributed by atoms with Gasteiger partial charge in [-0.2, -0.15) is 0 Å². The van der Waals surface area contributed by atoms with Crippen molar-refractivity contribution in [1.82, 2.24) is 15.0 Å². The minimum atomic E-state index is -0.554. The lowest BCUT2D eigenvalue weighted by Crippen LogP contribution is -2.24. The van der Waals surface area contributed by atoms with Crippen LogP contribution in [0.1, 0.15) is 81.6 Å². The summed E-state index contributed by atoms with van der Waals surface area (Å²) < 4.78 is 5.47. The van der Waals surface area contributed by atoms with Gasteiger partial charge in [0, 0.05) is 42.1 Å². The van der Waals surface area contributed by atoms with Gasteiger partial charge in [-0.05, 0) is 83.9 Å². The van der Waals surface area contributed by atoms with E-state index in [9.17, 15) is 4.79 Å². The third-order valence-electron chi connectivity index (χ3n) is 5.62. The molecule has 3 rings (SSSR count). The van der Waals surface area contributed by atoms with Gasteiger partial charge in [-0.25, -0.2) is 15.0 Å². The molecule has 1 atom stereocenters. The van der Waals surface area contributed by atoms with E-state index in [2.05, 4.69) is 32.4 Å². The Balaban J connectivity index is 1.57. The Bertz CT molecular complexity index is 1040. The molecule has 8 nitrogen and oxygen atoms in total. The van der Waals surface area contributed by atoms with Gasteiger partial charge < -0.3 is 15.8 Å². The molecule has 0 aromatic carbocycles. The number of carbonyl (C=O) groups is 1. The fourth-order valence-electron chi connectivity index (χ4n) is 3.84. The molecule has 0 bridgehead atoms. The topological polar surface area (TPSA) is 115 Å². The zero-order chi connectivity index (χ0) is 25.3. The molecule has 1 aliphatic rings. The molecule has 1 unspecified atom stereocenters. The first-order valence-electron chi connectivity index (χ1n) is 12.4. The van der Waals surface area contributed by atoms with Gasteiger partial charge in [-0.3, -0.25) is 9.79 Å². The lowest BCUT2D eigenvalue weighted by Gasteiger charge is -2.21. The Morgan fingerprint density at radius 2 is 2.03 bits per heavy atom. The van der Waals surface area contributed by atoms with Crippen molar-refractivity contribution in [2.24, 2.45) is 10.7 Å². The number of anilines is 1. The average Bonchev–Trinajstić information content (AvgIpc) is 3.03. The number of aromatic nitrogens is 3. The Kier molecular flexibility index (Phi) is 9.34. The summed E-state index contributed by atoms with van der Waals surface area (Å²) in [4.78, 5) is 30.2. The van der Waals surface area contributed by atoms with Gasteiger partial charge >= 0.3 is 5.97 Å². The number of esters is 1. The standard InChI is InChI=1S/C27H38N6O2/c1-19-31-17-21(18-32-19)24(16-25(34)35-27(2,3)4)29-15-13-22(28)9-7-10-23-12-11-20-8-5-6-14-30-26(20)33-23/h11-13,15,17-18,24H,5-10,14,16,28H2,1-4H3,(H,30,33). The second kappa shape index (κ2) is 12.4. The highest BCUT2D eigenvalue weighted by atomic mass is 16.6. The first-order valence-corrected chi connectivity index (χ1v) is 12.4. The van der Waals surface area contributed by atoms with Crippen molar-refractivity contribution in [2.75, 3.05) is 11.9 Å². The van der Waals surface area contributed by atoms with Gasteiger partial charge in [0.1, 0.15) is 17.2 Å². The van der Waals surface area contributed by atoms with Crippen LogP contribution in [0.2, 0.25) is 0 Å². The summed E-state index contributed by atoms with van der Waals surface area (Å²) in [6, 6.07) is 3.88. The highest BCUT2D eigenvalue weighted by Gasteiger charge is 2.21. The van der Waals surface area contributed by atoms with Gasteiger partial charge in [-0.15, -0.1) is 0 Å². The van der Waals surface area contributed by atoms with E-state index in [-0.39, 0.29) is 12.4 Å². The number of nitrogens with two attached hydrogens (primary N) is 1. The van der Waals surface area contributed by atoms with Crippen LogP contribution >= 0.6 is 0 Å². The number of aryl methyl sites for hydroxylation is 3. The van der Waals surface area contributed by atoms with Crippen LogP contribution in [0.4, 0.5) is 5.82 Å². The molecule has 0 spiro atoms. The van der Waals surface area contributed by atoms with Gasteiger partial charge in [0.05, 0.1) is 12.5 Å². The molecule has 0 saturated carbocycles. The molecule has 2 aromatic rings. The SMILES string of the molecule is Cc1ncc(C(CC(=O)OC(C)(C)C)N=CC=C(N)CCCc2ccc3c(n2)NCCCC3)cn1. The fourth-order valence-corrected chi connectivity index (χ4v) is 3.84. The summed E-state index contributed by atoms with van der Waals surface area (Å²) in [5, 5.41) is 3.44. The summed E-state index contributed by atoms with van der Waals surface area (Å²) in [6.07, 6.45) is 12.9. The number of rotatable bonds is 9. The third-order valence-corrected chi connectivity index (χ3v) is 5.62. The van der Waals surface area contributed by atoms with Crippen molar-refractivity contribution in [1.29, 1.82) is 0 Å². The van der Waals surface area contributed by atoms with Crippen LogP contribution in [-0.2, 0) is 22.4 Å². The van der Waals surface area contributed by atoms with Crippen molar-refractivity contribution in [3.63, 3.8) is 0 Å². The molecule has 3 heterocycles. The van der Waals surface area contributed by atoms with Crippen molar-refractivity contribution >= 4 is 18.0 Å². The lowest BCUT2D eigenvalue weighted by atomic mass is 10.1. The number of fused-ring (bicyclic) bond motifs is 1. The van der Waals surface area contributed by atoms with Crippen LogP contribution in [0.15, 0.2) is 41.3 Å². The molecule has 0 saturated heterocycles. The predicted molar refractivity (Wildman–Crippen MR) is 139 cm³/mol. The first-order chi connectivity index (χ1) is 16.7. The Hall–Kier alpha value is -3.29. The summed E-state index contributed by atoms with van der Waals surface area (Å²) in [5.74, 6) is 1.38. The van der Waals surface area contributed by atoms with Crippen LogP contribution in [-0.4, -0.2) is 39.3 Å². The molecule has 2 aromatic heterocycles. The number of hydrogen-bond donors (Lipinski definition) is 2. The molecule has 0 amide bonds. The maximum atomic E-state index is 12.4. The highest BCUT2D eigenvalue weighted by Crippen LogP contribution is 2.23. The largest absolute Gasteiger partial charge is 0.460 e. The van der Waals surface area contributed by atoms with Crippen molar-refractivity contribution < 1.29 is 9.53 Å². The van der Waals surface area contributed by atoms with E-state index in [0.29, 0.717) is 5.82 Å². The molecule has 1 aliphatic heterocycles. The number of allylic oxidation sites excluding steroid dienone is 2. The second-order valence-corrected chi connectivity index (χ2v) is 9.96. The minimum Gasteiger partial charge on any atom is -0.460 e. The highest BCUT2D eigenvalue weighted by molar-refractivity contribution is 5.74. The number of hydrogen-bond acceptors (Lipinski definition) is 8. The predicted octanol–water partition coefficient (Wildman–Crippen LogP) is 4.64. The smallest absolute Gasteiger partial charge is 0.308 e. The maximum Gasteiger partial charge on any atom is 0.308 e. The van der Waals surface area contributed by atoms with Crippen molar-refractivity contribution in [3.05, 3.63) is 58.9 Å². The van der Waals surface area contributed by atoms with Crippen LogP contribution in [0.5, 0.6) is 0 Å². The number of carbonyl (C=O) groups excluding carboxylic acids is 1. The summed E-state index contributed by atoms with van der Waals surface area (Å²) in [6.45, 7) is 8.34. The summed E-state index contributed by atoms with van der Waals surface area (Å²) in [5.41, 5.74) is 9.54. The van der Waals surface area contributed by atoms with E-state index >= 15 is 0 Å². The number of nitrogens with one attached hydrogen (secondary N) is 1. The first kappa shape index (κ1) is 26.3. The molecule has 8 heteroatoms. The van der Waals surface area contributed by atoms with Crippen LogP contribution in [0.3, 0.4) is 0 Å². The average molecular weight is 479 g/mol. The molecule has 0 aliphatic carbocycles. The number of nitrogens with zero attached hydrogens (tertiary/aromatic N) is 4. The van der Waals surface area contributed by atoms with Gasteiger partial charge in [0.15, 0.2) is 0 Å².